The van der Waals surface area contributed by atoms with Crippen LogP contribution in [0.4, 0.5) is 0 Å². The summed E-state index contributed by atoms with van der Waals surface area (Å²) in [6.45, 7) is 2.52. The van der Waals surface area contributed by atoms with Crippen molar-refractivity contribution >= 4 is 17.4 Å². The van der Waals surface area contributed by atoms with Crippen molar-refractivity contribution in [2.45, 2.75) is 19.4 Å². The monoisotopic (exact) mass is 455 g/mol. The quantitative estimate of drug-likeness (QED) is 0.268. The molecule has 0 saturated carbocycles. The summed E-state index contributed by atoms with van der Waals surface area (Å²) in [7, 11) is 6.17. The van der Waals surface area contributed by atoms with E-state index in [2.05, 4.69) is 0 Å². The third-order valence-corrected chi connectivity index (χ3v) is 5.70. The Hall–Kier alpha value is -3.52. The van der Waals surface area contributed by atoms with Gasteiger partial charge in [-0.2, -0.15) is 0 Å². The van der Waals surface area contributed by atoms with E-state index in [1.807, 2.05) is 0 Å². The van der Waals surface area contributed by atoms with Crippen molar-refractivity contribution in [2.75, 3.05) is 41.6 Å². The van der Waals surface area contributed by atoms with Crippen LogP contribution in [-0.2, 0) is 14.3 Å². The SMILES string of the molecule is COCCCN1C(=O)C(=O)/C(=C(/O)c2ccc(OC)cc2C)[C@@H]1c1ccc(OC)c(OC)c1. The molecule has 1 atom stereocenters. The Kier molecular flexibility index (Phi) is 7.60. The number of hydrogen-bond donors (Lipinski definition) is 1. The van der Waals surface area contributed by atoms with Crippen LogP contribution in [-0.4, -0.2) is 63.3 Å². The summed E-state index contributed by atoms with van der Waals surface area (Å²) in [4.78, 5) is 27.6. The molecule has 1 fully saturated rings. The molecule has 0 spiro atoms. The number of aryl methyl sites for hydroxylation is 1. The molecule has 1 saturated heterocycles. The number of hydrogen-bond acceptors (Lipinski definition) is 7. The molecule has 8 nitrogen and oxygen atoms in total. The average Bonchev–Trinajstić information content (AvgIpc) is 3.08. The van der Waals surface area contributed by atoms with E-state index in [-0.39, 0.29) is 17.9 Å². The van der Waals surface area contributed by atoms with E-state index in [0.717, 1.165) is 0 Å². The Morgan fingerprint density at radius 2 is 1.70 bits per heavy atom. The maximum absolute atomic E-state index is 13.1. The van der Waals surface area contributed by atoms with Gasteiger partial charge < -0.3 is 29.0 Å². The van der Waals surface area contributed by atoms with Crippen molar-refractivity contribution in [3.8, 4) is 17.2 Å². The van der Waals surface area contributed by atoms with Gasteiger partial charge in [-0.1, -0.05) is 6.07 Å². The third kappa shape index (κ3) is 4.66. The Morgan fingerprint density at radius 1 is 0.970 bits per heavy atom. The van der Waals surface area contributed by atoms with Crippen LogP contribution in [0.2, 0.25) is 0 Å². The van der Waals surface area contributed by atoms with E-state index in [0.29, 0.717) is 47.0 Å². The predicted octanol–water partition coefficient (Wildman–Crippen LogP) is 3.48. The number of aliphatic hydroxyl groups excluding tert-OH is 1. The van der Waals surface area contributed by atoms with Gasteiger partial charge in [0.1, 0.15) is 11.5 Å². The fourth-order valence-electron chi connectivity index (χ4n) is 4.03. The first-order valence-corrected chi connectivity index (χ1v) is 10.5. The van der Waals surface area contributed by atoms with Crippen molar-refractivity contribution in [2.24, 2.45) is 0 Å². The number of carbonyl (C=O) groups excluding carboxylic acids is 2. The van der Waals surface area contributed by atoms with E-state index in [1.165, 1.54) is 19.1 Å². The van der Waals surface area contributed by atoms with Crippen molar-refractivity contribution in [3.05, 3.63) is 58.7 Å². The molecule has 2 aromatic rings. The fraction of sp³-hybridized carbons (Fsp3) is 0.360. The minimum atomic E-state index is -0.789. The molecule has 0 bridgehead atoms. The van der Waals surface area contributed by atoms with Crippen molar-refractivity contribution in [3.63, 3.8) is 0 Å². The summed E-state index contributed by atoms with van der Waals surface area (Å²) in [5.41, 5.74) is 1.81. The Bertz CT molecular complexity index is 1080. The average molecular weight is 456 g/mol. The topological polar surface area (TPSA) is 94.5 Å². The van der Waals surface area contributed by atoms with E-state index in [9.17, 15) is 14.7 Å². The zero-order valence-electron chi connectivity index (χ0n) is 19.5. The molecule has 176 valence electrons. The van der Waals surface area contributed by atoms with Crippen LogP contribution in [0.25, 0.3) is 5.76 Å². The number of Topliss-reactive ketones (excluding diaryl/α,β-unsaturated/α-hetero) is 1. The number of benzene rings is 2. The van der Waals surface area contributed by atoms with Gasteiger partial charge >= 0.3 is 0 Å². The molecular formula is C25H29NO7. The molecule has 1 amide bonds. The van der Waals surface area contributed by atoms with Crippen LogP contribution < -0.4 is 14.2 Å². The molecule has 0 aromatic heterocycles. The van der Waals surface area contributed by atoms with Gasteiger partial charge in [0, 0.05) is 25.8 Å². The highest BCUT2D eigenvalue weighted by molar-refractivity contribution is 6.46. The van der Waals surface area contributed by atoms with Crippen LogP contribution in [0.3, 0.4) is 0 Å². The highest BCUT2D eigenvalue weighted by atomic mass is 16.5. The summed E-state index contributed by atoms with van der Waals surface area (Å²) >= 11 is 0. The number of ketones is 1. The number of likely N-dealkylation sites (tertiary alicyclic amines) is 1. The molecule has 1 aliphatic heterocycles. The highest BCUT2D eigenvalue weighted by Crippen LogP contribution is 2.42. The number of ether oxygens (including phenoxy) is 4. The summed E-state index contributed by atoms with van der Waals surface area (Å²) in [5.74, 6) is -0.0387. The van der Waals surface area contributed by atoms with Crippen LogP contribution in [0, 0.1) is 6.92 Å². The molecule has 0 radical (unpaired) electrons. The number of carbonyl (C=O) groups is 2. The third-order valence-electron chi connectivity index (χ3n) is 5.70. The number of nitrogens with zero attached hydrogens (tertiary/aromatic N) is 1. The summed E-state index contributed by atoms with van der Waals surface area (Å²) < 4.78 is 21.1. The molecule has 33 heavy (non-hydrogen) atoms. The fourth-order valence-corrected chi connectivity index (χ4v) is 4.03. The maximum atomic E-state index is 13.1. The lowest BCUT2D eigenvalue weighted by molar-refractivity contribution is -0.140. The first-order valence-electron chi connectivity index (χ1n) is 10.5. The first-order chi connectivity index (χ1) is 15.9. The van der Waals surface area contributed by atoms with Crippen molar-refractivity contribution in [1.82, 2.24) is 4.90 Å². The standard InChI is InChI=1S/C25H29NO7/c1-15-13-17(31-3)8-9-18(15)23(27)21-22(16-7-10-19(32-4)20(14-16)33-5)26(11-6-12-30-2)25(29)24(21)28/h7-10,13-14,22,27H,6,11-12H2,1-5H3/b23-21+/t22-/m0/s1. The number of rotatable bonds is 9. The van der Waals surface area contributed by atoms with Gasteiger partial charge in [-0.05, 0) is 54.8 Å². The Morgan fingerprint density at radius 3 is 2.30 bits per heavy atom. The second kappa shape index (κ2) is 10.4. The van der Waals surface area contributed by atoms with Gasteiger partial charge in [-0.25, -0.2) is 0 Å². The van der Waals surface area contributed by atoms with E-state index < -0.39 is 17.7 Å². The molecular weight excluding hydrogens is 426 g/mol. The lowest BCUT2D eigenvalue weighted by Gasteiger charge is -2.26. The number of aliphatic hydroxyl groups is 1. The Labute approximate surface area is 193 Å². The van der Waals surface area contributed by atoms with E-state index in [1.54, 1.807) is 57.5 Å². The molecule has 0 aliphatic carbocycles. The van der Waals surface area contributed by atoms with Gasteiger partial charge in [0.05, 0.1) is 32.9 Å². The zero-order valence-corrected chi connectivity index (χ0v) is 19.5. The summed E-state index contributed by atoms with van der Waals surface area (Å²) in [5, 5.41) is 11.3. The molecule has 3 rings (SSSR count). The number of amides is 1. The predicted molar refractivity (Wildman–Crippen MR) is 123 cm³/mol. The van der Waals surface area contributed by atoms with Crippen molar-refractivity contribution < 1.29 is 33.6 Å². The van der Waals surface area contributed by atoms with Gasteiger partial charge in [-0.3, -0.25) is 9.59 Å². The van der Waals surface area contributed by atoms with Gasteiger partial charge in [0.25, 0.3) is 11.7 Å². The van der Waals surface area contributed by atoms with Gasteiger partial charge in [0.2, 0.25) is 0 Å². The normalized spacial score (nSPS) is 17.4. The van der Waals surface area contributed by atoms with Gasteiger partial charge in [0.15, 0.2) is 11.5 Å². The second-order valence-electron chi connectivity index (χ2n) is 7.63. The largest absolute Gasteiger partial charge is 0.507 e. The molecule has 2 aromatic carbocycles. The first kappa shape index (κ1) is 24.1. The van der Waals surface area contributed by atoms with Crippen LogP contribution in [0.1, 0.15) is 29.2 Å². The molecule has 1 heterocycles. The Balaban J connectivity index is 2.18. The second-order valence-corrected chi connectivity index (χ2v) is 7.63. The van der Waals surface area contributed by atoms with E-state index in [4.69, 9.17) is 18.9 Å². The van der Waals surface area contributed by atoms with Crippen molar-refractivity contribution in [1.29, 1.82) is 0 Å². The van der Waals surface area contributed by atoms with E-state index >= 15 is 0 Å². The molecule has 0 unspecified atom stereocenters. The summed E-state index contributed by atoms with van der Waals surface area (Å²) in [6.07, 6.45) is 0.537. The maximum Gasteiger partial charge on any atom is 0.295 e. The van der Waals surface area contributed by atoms with Gasteiger partial charge in [-0.15, -0.1) is 0 Å². The molecule has 1 aliphatic rings. The smallest absolute Gasteiger partial charge is 0.295 e. The number of methoxy groups -OCH3 is 4. The minimum Gasteiger partial charge on any atom is -0.507 e. The highest BCUT2D eigenvalue weighted by Gasteiger charge is 2.46. The van der Waals surface area contributed by atoms with Crippen LogP contribution >= 0.6 is 0 Å². The molecule has 8 heteroatoms. The van der Waals surface area contributed by atoms with Crippen LogP contribution in [0.15, 0.2) is 42.0 Å². The molecule has 1 N–H and O–H groups in total. The minimum absolute atomic E-state index is 0.0258. The zero-order chi connectivity index (χ0) is 24.1. The lowest BCUT2D eigenvalue weighted by atomic mass is 9.93. The lowest BCUT2D eigenvalue weighted by Crippen LogP contribution is -2.31. The summed E-state index contributed by atoms with van der Waals surface area (Å²) in [6, 6.07) is 9.53. The van der Waals surface area contributed by atoms with Crippen LogP contribution in [0.5, 0.6) is 17.2 Å².